The third-order valence-corrected chi connectivity index (χ3v) is 3.78. The van der Waals surface area contributed by atoms with Crippen LogP contribution in [0.25, 0.3) is 5.57 Å². The fourth-order valence-corrected chi connectivity index (χ4v) is 2.50. The summed E-state index contributed by atoms with van der Waals surface area (Å²) in [7, 11) is 0. The number of hydrogen-bond acceptors (Lipinski definition) is 4. The Morgan fingerprint density at radius 1 is 1.23 bits per heavy atom. The lowest BCUT2D eigenvalue weighted by Gasteiger charge is -2.13. The molecule has 114 valence electrons. The standard InChI is InChI=1S/C18H21N3O/c1-5-12(2)16(11-22)18-13(3)20-17(21-14(18)4)9-15-7-6-8-19-10-15/h6-8,10-11H,5,9H2,1-4H3/b16-12+. The van der Waals surface area contributed by atoms with E-state index >= 15 is 0 Å². The third-order valence-electron chi connectivity index (χ3n) is 3.78. The molecule has 0 N–H and O–H groups in total. The molecular weight excluding hydrogens is 274 g/mol. The summed E-state index contributed by atoms with van der Waals surface area (Å²) >= 11 is 0. The van der Waals surface area contributed by atoms with Crippen LogP contribution in [0.1, 0.15) is 48.6 Å². The van der Waals surface area contributed by atoms with Crippen molar-refractivity contribution in [2.45, 2.75) is 40.5 Å². The molecule has 0 fully saturated rings. The van der Waals surface area contributed by atoms with Crippen LogP contribution in [0.15, 0.2) is 30.1 Å². The summed E-state index contributed by atoms with van der Waals surface area (Å²) in [6, 6.07) is 3.91. The fourth-order valence-electron chi connectivity index (χ4n) is 2.50. The van der Waals surface area contributed by atoms with Crippen molar-refractivity contribution in [2.24, 2.45) is 0 Å². The number of aldehydes is 1. The normalized spacial score (nSPS) is 12.0. The number of nitrogens with zero attached hydrogens (tertiary/aromatic N) is 3. The van der Waals surface area contributed by atoms with Crippen molar-refractivity contribution < 1.29 is 4.79 Å². The summed E-state index contributed by atoms with van der Waals surface area (Å²) in [6.45, 7) is 7.89. The molecule has 0 unspecified atom stereocenters. The first kappa shape index (κ1) is 16.0. The zero-order chi connectivity index (χ0) is 16.1. The molecule has 0 atom stereocenters. The van der Waals surface area contributed by atoms with Crippen molar-refractivity contribution in [1.29, 1.82) is 0 Å². The number of carbonyl (C=O) groups excluding carboxylic acids is 1. The molecule has 0 saturated carbocycles. The van der Waals surface area contributed by atoms with Gasteiger partial charge in [0.2, 0.25) is 0 Å². The summed E-state index contributed by atoms with van der Waals surface area (Å²) in [5, 5.41) is 0. The van der Waals surface area contributed by atoms with E-state index in [-0.39, 0.29) is 0 Å². The monoisotopic (exact) mass is 295 g/mol. The Balaban J connectivity index is 2.43. The Labute approximate surface area is 131 Å². The van der Waals surface area contributed by atoms with Crippen LogP contribution in [0, 0.1) is 13.8 Å². The molecule has 4 heteroatoms. The molecule has 22 heavy (non-hydrogen) atoms. The van der Waals surface area contributed by atoms with Crippen LogP contribution >= 0.6 is 0 Å². The van der Waals surface area contributed by atoms with Gasteiger partial charge >= 0.3 is 0 Å². The minimum absolute atomic E-state index is 0.642. The summed E-state index contributed by atoms with van der Waals surface area (Å²) in [5.41, 5.74) is 5.41. The maximum atomic E-state index is 11.5. The lowest BCUT2D eigenvalue weighted by Crippen LogP contribution is -2.07. The highest BCUT2D eigenvalue weighted by Crippen LogP contribution is 2.24. The zero-order valence-electron chi connectivity index (χ0n) is 13.6. The van der Waals surface area contributed by atoms with E-state index in [1.165, 1.54) is 0 Å². The maximum absolute atomic E-state index is 11.5. The molecule has 4 nitrogen and oxygen atoms in total. The van der Waals surface area contributed by atoms with Crippen LogP contribution < -0.4 is 0 Å². The first-order valence-corrected chi connectivity index (χ1v) is 7.45. The fraction of sp³-hybridized carbons (Fsp3) is 0.333. The van der Waals surface area contributed by atoms with E-state index in [1.54, 1.807) is 6.20 Å². The second-order valence-electron chi connectivity index (χ2n) is 5.39. The first-order valence-electron chi connectivity index (χ1n) is 7.45. The highest BCUT2D eigenvalue weighted by Gasteiger charge is 2.14. The summed E-state index contributed by atoms with van der Waals surface area (Å²) < 4.78 is 0. The van der Waals surface area contributed by atoms with E-state index in [4.69, 9.17) is 0 Å². The third kappa shape index (κ3) is 3.45. The molecule has 0 spiro atoms. The number of allylic oxidation sites excluding steroid dienone is 2. The molecular formula is C18H21N3O. The molecule has 0 saturated heterocycles. The van der Waals surface area contributed by atoms with E-state index in [2.05, 4.69) is 15.0 Å². The van der Waals surface area contributed by atoms with Crippen molar-refractivity contribution >= 4 is 11.9 Å². The van der Waals surface area contributed by atoms with Gasteiger partial charge in [0.25, 0.3) is 0 Å². The molecule has 0 aromatic carbocycles. The summed E-state index contributed by atoms with van der Waals surface area (Å²) in [6.07, 6.45) is 5.96. The highest BCUT2D eigenvalue weighted by molar-refractivity contribution is 6.08. The van der Waals surface area contributed by atoms with Crippen LogP contribution in [0.3, 0.4) is 0 Å². The number of carbonyl (C=O) groups is 1. The van der Waals surface area contributed by atoms with Crippen LogP contribution in [0.5, 0.6) is 0 Å². The molecule has 2 aromatic rings. The number of aromatic nitrogens is 3. The Hall–Kier alpha value is -2.36. The number of pyridine rings is 1. The number of rotatable bonds is 5. The molecule has 0 amide bonds. The van der Waals surface area contributed by atoms with E-state index in [0.29, 0.717) is 12.0 Å². The Kier molecular flexibility index (Phi) is 5.15. The van der Waals surface area contributed by atoms with Crippen molar-refractivity contribution in [1.82, 2.24) is 15.0 Å². The smallest absolute Gasteiger partial charge is 0.150 e. The zero-order valence-corrected chi connectivity index (χ0v) is 13.6. The lowest BCUT2D eigenvalue weighted by atomic mass is 9.97. The molecule has 0 aliphatic rings. The van der Waals surface area contributed by atoms with Crippen LogP contribution in [0.2, 0.25) is 0 Å². The van der Waals surface area contributed by atoms with Gasteiger partial charge in [-0.3, -0.25) is 9.78 Å². The Morgan fingerprint density at radius 3 is 2.41 bits per heavy atom. The Morgan fingerprint density at radius 2 is 1.91 bits per heavy atom. The number of aryl methyl sites for hydroxylation is 2. The Bertz CT molecular complexity index is 683. The quantitative estimate of drug-likeness (QED) is 0.626. The van der Waals surface area contributed by atoms with Gasteiger partial charge in [0.15, 0.2) is 6.29 Å². The predicted octanol–water partition coefficient (Wildman–Crippen LogP) is 3.46. The molecule has 2 heterocycles. The van der Waals surface area contributed by atoms with Crippen LogP contribution in [-0.2, 0) is 11.2 Å². The molecule has 0 bridgehead atoms. The SMILES string of the molecule is CC/C(C)=C(\C=O)c1c(C)nc(Cc2cccnc2)nc1C. The highest BCUT2D eigenvalue weighted by atomic mass is 16.1. The van der Waals surface area contributed by atoms with Crippen molar-refractivity contribution in [3.05, 3.63) is 58.4 Å². The minimum Gasteiger partial charge on any atom is -0.298 e. The van der Waals surface area contributed by atoms with Gasteiger partial charge in [0.1, 0.15) is 5.82 Å². The second kappa shape index (κ2) is 7.07. The van der Waals surface area contributed by atoms with E-state index in [9.17, 15) is 4.79 Å². The van der Waals surface area contributed by atoms with Crippen LogP contribution in [-0.4, -0.2) is 21.2 Å². The van der Waals surface area contributed by atoms with Gasteiger partial charge in [0.05, 0.1) is 0 Å². The van der Waals surface area contributed by atoms with Gasteiger partial charge in [-0.25, -0.2) is 9.97 Å². The summed E-state index contributed by atoms with van der Waals surface area (Å²) in [4.78, 5) is 24.7. The lowest BCUT2D eigenvalue weighted by molar-refractivity contribution is -0.103. The van der Waals surface area contributed by atoms with Gasteiger partial charge in [0, 0.05) is 41.3 Å². The largest absolute Gasteiger partial charge is 0.298 e. The van der Waals surface area contributed by atoms with Crippen molar-refractivity contribution in [3.63, 3.8) is 0 Å². The van der Waals surface area contributed by atoms with E-state index < -0.39 is 0 Å². The van der Waals surface area contributed by atoms with Gasteiger partial charge in [-0.1, -0.05) is 18.6 Å². The van der Waals surface area contributed by atoms with Gasteiger partial charge in [-0.05, 0) is 38.8 Å². The molecule has 2 rings (SSSR count). The van der Waals surface area contributed by atoms with Gasteiger partial charge < -0.3 is 0 Å². The maximum Gasteiger partial charge on any atom is 0.150 e. The van der Waals surface area contributed by atoms with Crippen LogP contribution in [0.4, 0.5) is 0 Å². The average molecular weight is 295 g/mol. The van der Waals surface area contributed by atoms with Crippen molar-refractivity contribution in [3.8, 4) is 0 Å². The molecule has 0 aliphatic heterocycles. The summed E-state index contributed by atoms with van der Waals surface area (Å²) in [5.74, 6) is 0.756. The molecule has 0 radical (unpaired) electrons. The van der Waals surface area contributed by atoms with Gasteiger partial charge in [-0.15, -0.1) is 0 Å². The molecule has 2 aromatic heterocycles. The van der Waals surface area contributed by atoms with E-state index in [1.807, 2.05) is 46.0 Å². The van der Waals surface area contributed by atoms with Crippen molar-refractivity contribution in [2.75, 3.05) is 0 Å². The first-order chi connectivity index (χ1) is 10.6. The minimum atomic E-state index is 0.642. The average Bonchev–Trinajstić information content (AvgIpc) is 2.51. The predicted molar refractivity (Wildman–Crippen MR) is 87.5 cm³/mol. The topological polar surface area (TPSA) is 55.7 Å². The second-order valence-corrected chi connectivity index (χ2v) is 5.39. The number of hydrogen-bond donors (Lipinski definition) is 0. The van der Waals surface area contributed by atoms with E-state index in [0.717, 1.165) is 46.6 Å². The molecule has 0 aliphatic carbocycles. The van der Waals surface area contributed by atoms with Gasteiger partial charge in [-0.2, -0.15) is 0 Å².